The second-order valence-corrected chi connectivity index (χ2v) is 14.4. The molecule has 0 amide bonds. The van der Waals surface area contributed by atoms with Gasteiger partial charge in [-0.15, -0.1) is 0 Å². The topological polar surface area (TPSA) is 38.0 Å². The first-order valence-corrected chi connectivity index (χ1v) is 18.6. The van der Waals surface area contributed by atoms with Gasteiger partial charge in [-0.2, -0.15) is 0 Å². The summed E-state index contributed by atoms with van der Waals surface area (Å²) >= 11 is 0. The molecule has 1 aliphatic heterocycles. The zero-order valence-corrected chi connectivity index (χ0v) is 29.3. The van der Waals surface area contributed by atoms with Crippen LogP contribution in [0.5, 0.6) is 0 Å². The molecule has 250 valence electrons. The van der Waals surface area contributed by atoms with Crippen LogP contribution in [0.4, 0.5) is 11.4 Å². The van der Waals surface area contributed by atoms with Crippen molar-refractivity contribution >= 4 is 51.0 Å². The molecule has 3 N–H and O–H groups in total. The highest BCUT2D eigenvalue weighted by molar-refractivity contribution is 6.12. The molecule has 3 aromatic carbocycles. The fourth-order valence-corrected chi connectivity index (χ4v) is 9.38. The van der Waals surface area contributed by atoms with E-state index in [1.165, 1.54) is 60.9 Å². The molecule has 3 atom stereocenters. The first-order chi connectivity index (χ1) is 25.2. The van der Waals surface area contributed by atoms with E-state index in [1.807, 2.05) is 6.08 Å². The Morgan fingerprint density at radius 2 is 1.92 bits per heavy atom. The molecular weight excluding hydrogens is 617 g/mol. The van der Waals surface area contributed by atoms with Crippen molar-refractivity contribution in [3.63, 3.8) is 0 Å². The molecule has 0 fully saturated rings. The van der Waals surface area contributed by atoms with Crippen LogP contribution in [0.25, 0.3) is 39.6 Å². The molecule has 0 bridgehead atoms. The summed E-state index contributed by atoms with van der Waals surface area (Å²) in [7, 11) is 0. The maximum Gasteiger partial charge on any atom is 0.0656 e. The number of rotatable bonds is 7. The van der Waals surface area contributed by atoms with Crippen LogP contribution in [0, 0.1) is 11.8 Å². The summed E-state index contributed by atoms with van der Waals surface area (Å²) < 4.78 is 0. The number of allylic oxidation sites excluding steroid dienone is 20. The minimum Gasteiger partial charge on any atom is -0.397 e. The maximum absolute atomic E-state index is 6.64. The first kappa shape index (κ1) is 31.4. The predicted molar refractivity (Wildman–Crippen MR) is 221 cm³/mol. The summed E-state index contributed by atoms with van der Waals surface area (Å²) in [5.74, 6) is 1.04. The lowest BCUT2D eigenvalue weighted by Gasteiger charge is -2.34. The van der Waals surface area contributed by atoms with Crippen LogP contribution in [0.2, 0.25) is 0 Å². The minimum atomic E-state index is 0.296. The molecule has 0 aromatic heterocycles. The summed E-state index contributed by atoms with van der Waals surface area (Å²) in [5, 5.41) is 6.11. The Morgan fingerprint density at radius 1 is 0.980 bits per heavy atom. The molecule has 5 aliphatic carbocycles. The van der Waals surface area contributed by atoms with E-state index in [1.54, 1.807) is 5.57 Å². The van der Waals surface area contributed by atoms with Gasteiger partial charge < -0.3 is 11.1 Å². The van der Waals surface area contributed by atoms with Gasteiger partial charge in [0.15, 0.2) is 0 Å². The Kier molecular flexibility index (Phi) is 7.96. The highest BCUT2D eigenvalue weighted by Crippen LogP contribution is 2.61. The van der Waals surface area contributed by atoms with E-state index in [4.69, 9.17) is 5.73 Å². The largest absolute Gasteiger partial charge is 0.397 e. The SMILES string of the molecule is C=C/C=C(\C=C/C)c1c2c(c(C3C=CC=CC3)c3cc(C/C=C\c4ccc5c(c4N)NCC=C5)ccc13)C1=CC=CC3C4=C(C=CCC4)C=C2C13. The van der Waals surface area contributed by atoms with Crippen LogP contribution in [0.3, 0.4) is 0 Å². The van der Waals surface area contributed by atoms with Crippen LogP contribution in [-0.2, 0) is 6.42 Å². The van der Waals surface area contributed by atoms with Crippen LogP contribution in [0.15, 0.2) is 145 Å². The summed E-state index contributed by atoms with van der Waals surface area (Å²) in [6.45, 7) is 7.08. The third-order valence-corrected chi connectivity index (χ3v) is 11.5. The fourth-order valence-electron chi connectivity index (χ4n) is 9.38. The smallest absolute Gasteiger partial charge is 0.0656 e. The van der Waals surface area contributed by atoms with Gasteiger partial charge in [-0.1, -0.05) is 152 Å². The predicted octanol–water partition coefficient (Wildman–Crippen LogP) is 12.1. The van der Waals surface area contributed by atoms with Gasteiger partial charge in [-0.05, 0) is 105 Å². The number of nitrogens with one attached hydrogen (secondary N) is 1. The fraction of sp³-hybridized carbons (Fsp3) is 0.184. The van der Waals surface area contributed by atoms with Crippen molar-refractivity contribution in [1.82, 2.24) is 0 Å². The lowest BCUT2D eigenvalue weighted by molar-refractivity contribution is 0.624. The number of benzene rings is 3. The molecule has 0 saturated carbocycles. The van der Waals surface area contributed by atoms with Crippen molar-refractivity contribution in [1.29, 1.82) is 0 Å². The Hall–Kier alpha value is -5.60. The van der Waals surface area contributed by atoms with Crippen molar-refractivity contribution < 1.29 is 0 Å². The second-order valence-electron chi connectivity index (χ2n) is 14.4. The van der Waals surface area contributed by atoms with Crippen molar-refractivity contribution in [2.45, 2.75) is 38.5 Å². The molecule has 2 heteroatoms. The number of anilines is 2. The Morgan fingerprint density at radius 3 is 2.78 bits per heavy atom. The van der Waals surface area contributed by atoms with Crippen molar-refractivity contribution in [2.24, 2.45) is 11.8 Å². The van der Waals surface area contributed by atoms with Crippen LogP contribution in [0.1, 0.15) is 71.0 Å². The zero-order valence-electron chi connectivity index (χ0n) is 29.3. The molecule has 51 heavy (non-hydrogen) atoms. The molecule has 1 heterocycles. The highest BCUT2D eigenvalue weighted by Gasteiger charge is 2.45. The average Bonchev–Trinajstić information content (AvgIpc) is 3.49. The second kappa shape index (κ2) is 12.9. The first-order valence-electron chi connectivity index (χ1n) is 18.6. The highest BCUT2D eigenvalue weighted by atomic mass is 14.9. The maximum atomic E-state index is 6.64. The van der Waals surface area contributed by atoms with Gasteiger partial charge in [0.2, 0.25) is 0 Å². The van der Waals surface area contributed by atoms with Crippen LogP contribution >= 0.6 is 0 Å². The van der Waals surface area contributed by atoms with Gasteiger partial charge in [0.05, 0.1) is 11.4 Å². The molecule has 0 radical (unpaired) electrons. The zero-order chi connectivity index (χ0) is 34.5. The van der Waals surface area contributed by atoms with E-state index in [2.05, 4.69) is 152 Å². The van der Waals surface area contributed by atoms with E-state index in [0.29, 0.717) is 17.8 Å². The average molecular weight is 661 g/mol. The lowest BCUT2D eigenvalue weighted by atomic mass is 9.69. The monoisotopic (exact) mass is 660 g/mol. The van der Waals surface area contributed by atoms with E-state index >= 15 is 0 Å². The van der Waals surface area contributed by atoms with Crippen LogP contribution < -0.4 is 11.1 Å². The summed E-state index contributed by atoms with van der Waals surface area (Å²) in [6.07, 6.45) is 45.1. The van der Waals surface area contributed by atoms with Crippen molar-refractivity contribution in [2.75, 3.05) is 17.6 Å². The van der Waals surface area contributed by atoms with E-state index in [0.717, 1.165) is 54.7 Å². The molecule has 0 spiro atoms. The molecule has 2 nitrogen and oxygen atoms in total. The number of nitrogen functional groups attached to an aromatic ring is 1. The summed E-state index contributed by atoms with van der Waals surface area (Å²) in [5.41, 5.74) is 24.8. The van der Waals surface area contributed by atoms with E-state index in [9.17, 15) is 0 Å². The molecule has 0 saturated heterocycles. The summed E-state index contributed by atoms with van der Waals surface area (Å²) in [4.78, 5) is 0. The van der Waals surface area contributed by atoms with Crippen molar-refractivity contribution in [3.05, 3.63) is 184 Å². The Balaban J connectivity index is 1.26. The quantitative estimate of drug-likeness (QED) is 0.195. The van der Waals surface area contributed by atoms with E-state index in [-0.39, 0.29) is 0 Å². The molecule has 3 aromatic rings. The number of fused-ring (bicyclic) bond motifs is 6. The third kappa shape index (κ3) is 5.16. The Bertz CT molecular complexity index is 2350. The number of hydrogen-bond acceptors (Lipinski definition) is 2. The number of hydrogen-bond donors (Lipinski definition) is 2. The van der Waals surface area contributed by atoms with Crippen LogP contribution in [-0.4, -0.2) is 6.54 Å². The van der Waals surface area contributed by atoms with Gasteiger partial charge in [-0.3, -0.25) is 0 Å². The third-order valence-electron chi connectivity index (χ3n) is 11.5. The number of nitrogens with two attached hydrogens (primary N) is 1. The Labute approximate surface area is 302 Å². The standard InChI is InChI=1S/C49H44N2/c1-3-13-32(14-4-2)43-39-27-24-31(15-10-19-34-25-26-35-20-12-28-51-49(35)48(34)50)29-41(39)44(33-16-6-5-7-17-33)46-40-23-11-22-38-37-21-9-8-18-36(37)30-42(45(38)40)47(43)46/h3-8,10-14,16,18-20,22-27,29-30,33,38,45,51H,1,9,15,17,21,28,50H2,2H3/b14-4-,19-10-,32-13+. The molecule has 9 rings (SSSR count). The molecule has 3 unspecified atom stereocenters. The molecular formula is C49H44N2. The lowest BCUT2D eigenvalue weighted by Crippen LogP contribution is -2.21. The van der Waals surface area contributed by atoms with Gasteiger partial charge in [-0.25, -0.2) is 0 Å². The van der Waals surface area contributed by atoms with Gasteiger partial charge in [0.1, 0.15) is 0 Å². The van der Waals surface area contributed by atoms with E-state index < -0.39 is 0 Å². The van der Waals surface area contributed by atoms with Gasteiger partial charge in [0.25, 0.3) is 0 Å². The molecule has 6 aliphatic rings. The van der Waals surface area contributed by atoms with Crippen molar-refractivity contribution in [3.8, 4) is 0 Å². The minimum absolute atomic E-state index is 0.296. The van der Waals surface area contributed by atoms with Gasteiger partial charge in [0, 0.05) is 24.3 Å². The normalized spacial score (nSPS) is 22.6. The van der Waals surface area contributed by atoms with Gasteiger partial charge >= 0.3 is 0 Å². The summed E-state index contributed by atoms with van der Waals surface area (Å²) in [6, 6.07) is 11.5.